The number of carbonyl (C=O) groups is 1. The molecule has 1 N–H and O–H groups in total. The normalized spacial score (nSPS) is 15.2. The van der Waals surface area contributed by atoms with Gasteiger partial charge < -0.3 is 10.1 Å². The molecule has 1 saturated carbocycles. The molecule has 1 aliphatic carbocycles. The summed E-state index contributed by atoms with van der Waals surface area (Å²) in [5.41, 5.74) is -1.18. The van der Waals surface area contributed by atoms with Crippen molar-refractivity contribution in [3.05, 3.63) is 64.5 Å². The summed E-state index contributed by atoms with van der Waals surface area (Å²) in [7, 11) is 1.44. The van der Waals surface area contributed by atoms with E-state index in [9.17, 15) is 22.8 Å². The van der Waals surface area contributed by atoms with E-state index in [2.05, 4.69) is 20.6 Å². The fourth-order valence-electron chi connectivity index (χ4n) is 3.79. The Morgan fingerprint density at radius 3 is 2.70 bits per heavy atom. The van der Waals surface area contributed by atoms with Crippen LogP contribution in [0.3, 0.4) is 0 Å². The summed E-state index contributed by atoms with van der Waals surface area (Å²) in [5, 5.41) is 14.7. The van der Waals surface area contributed by atoms with Crippen LogP contribution in [0.15, 0.2) is 47.7 Å². The molecule has 3 aromatic heterocycles. The minimum absolute atomic E-state index is 0.0371. The van der Waals surface area contributed by atoms with Gasteiger partial charge in [-0.05, 0) is 43.2 Å². The van der Waals surface area contributed by atoms with Crippen LogP contribution in [0.5, 0.6) is 0 Å². The number of nitrogens with zero attached hydrogens (tertiary/aromatic N) is 5. The molecule has 0 aliphatic heterocycles. The van der Waals surface area contributed by atoms with Crippen LogP contribution < -0.4 is 10.9 Å². The Morgan fingerprint density at radius 2 is 2.00 bits per heavy atom. The lowest BCUT2D eigenvalue weighted by molar-refractivity contribution is -0.137. The fraction of sp³-hybridized carbons (Fsp3) is 0.286. The number of anilines is 1. The first-order chi connectivity index (χ1) is 15.7. The van der Waals surface area contributed by atoms with Crippen molar-refractivity contribution < 1.29 is 22.7 Å². The number of halogens is 3. The number of carbonyl (C=O) groups excluding carboxylic acids is 1. The van der Waals surface area contributed by atoms with Crippen molar-refractivity contribution in [3.63, 3.8) is 0 Å². The van der Waals surface area contributed by atoms with Crippen LogP contribution in [0.2, 0.25) is 0 Å². The third kappa shape index (κ3) is 3.71. The average molecular weight is 458 g/mol. The van der Waals surface area contributed by atoms with Crippen molar-refractivity contribution in [1.29, 1.82) is 0 Å². The Bertz CT molecular complexity index is 1460. The Balaban J connectivity index is 1.53. The average Bonchev–Trinajstić information content (AvgIpc) is 3.44. The van der Waals surface area contributed by atoms with Gasteiger partial charge in [0.15, 0.2) is 5.65 Å². The lowest BCUT2D eigenvalue weighted by Gasteiger charge is -2.18. The van der Waals surface area contributed by atoms with Gasteiger partial charge in [0, 0.05) is 18.7 Å². The fourth-order valence-corrected chi connectivity index (χ4v) is 3.79. The maximum absolute atomic E-state index is 13.3. The van der Waals surface area contributed by atoms with Gasteiger partial charge in [-0.2, -0.15) is 18.3 Å². The largest absolute Gasteiger partial charge is 0.416 e. The molecule has 5 rings (SSSR count). The predicted octanol–water partition coefficient (Wildman–Crippen LogP) is 2.73. The van der Waals surface area contributed by atoms with Crippen LogP contribution in [0.25, 0.3) is 16.4 Å². The number of nitrogens with one attached hydrogen (secondary N) is 1. The quantitative estimate of drug-likeness (QED) is 0.493. The van der Waals surface area contributed by atoms with Crippen molar-refractivity contribution >= 4 is 28.0 Å². The molecule has 9 nitrogen and oxygen atoms in total. The molecule has 3 heterocycles. The van der Waals surface area contributed by atoms with E-state index >= 15 is 0 Å². The highest BCUT2D eigenvalue weighted by Crippen LogP contribution is 2.49. The van der Waals surface area contributed by atoms with Crippen molar-refractivity contribution in [2.45, 2.75) is 31.2 Å². The van der Waals surface area contributed by atoms with Gasteiger partial charge in [0.1, 0.15) is 24.2 Å². The van der Waals surface area contributed by atoms with E-state index in [0.717, 1.165) is 22.9 Å². The molecular formula is C21H17F3N6O3. The monoisotopic (exact) mass is 458 g/mol. The SMILES string of the molecule is COC1(c2nn(CC(=O)Nc3ccc4nncn4c3)c(=O)c3ccc(C(F)(F)F)cc23)CC1. The molecule has 0 radical (unpaired) electrons. The Labute approximate surface area is 183 Å². The molecule has 1 amide bonds. The third-order valence-corrected chi connectivity index (χ3v) is 5.68. The zero-order valence-electron chi connectivity index (χ0n) is 17.3. The van der Waals surface area contributed by atoms with Crippen LogP contribution in [-0.4, -0.2) is 37.4 Å². The molecule has 1 aliphatic rings. The number of rotatable bonds is 5. The molecule has 0 saturated heterocycles. The molecule has 33 heavy (non-hydrogen) atoms. The summed E-state index contributed by atoms with van der Waals surface area (Å²) in [6, 6.07) is 6.17. The molecule has 0 atom stereocenters. The number of aromatic nitrogens is 5. The Kier molecular flexibility index (Phi) is 4.71. The summed E-state index contributed by atoms with van der Waals surface area (Å²) in [5.74, 6) is -0.531. The summed E-state index contributed by atoms with van der Waals surface area (Å²) in [4.78, 5) is 25.6. The van der Waals surface area contributed by atoms with Crippen molar-refractivity contribution in [3.8, 4) is 0 Å². The summed E-state index contributed by atoms with van der Waals surface area (Å²) < 4.78 is 47.9. The lowest BCUT2D eigenvalue weighted by Crippen LogP contribution is -2.32. The van der Waals surface area contributed by atoms with Gasteiger partial charge in [0.25, 0.3) is 5.56 Å². The standard InChI is InChI=1S/C21H17F3N6O3/c1-33-20(6-7-20)18-15-8-12(21(22,23)24)2-4-14(15)19(32)30(28-18)10-17(31)26-13-3-5-16-27-25-11-29(16)9-13/h2-5,8-9,11H,6-7,10H2,1H3,(H,26,31). The zero-order valence-corrected chi connectivity index (χ0v) is 17.3. The first-order valence-electron chi connectivity index (χ1n) is 9.97. The van der Waals surface area contributed by atoms with Crippen molar-refractivity contribution in [1.82, 2.24) is 24.4 Å². The molecular weight excluding hydrogens is 441 g/mol. The smallest absolute Gasteiger partial charge is 0.372 e. The summed E-state index contributed by atoms with van der Waals surface area (Å²) in [6.45, 7) is -0.428. The highest BCUT2D eigenvalue weighted by molar-refractivity contribution is 5.91. The van der Waals surface area contributed by atoms with Crippen LogP contribution in [0, 0.1) is 0 Å². The van der Waals surface area contributed by atoms with Gasteiger partial charge >= 0.3 is 6.18 Å². The van der Waals surface area contributed by atoms with Crippen molar-refractivity contribution in [2.24, 2.45) is 0 Å². The third-order valence-electron chi connectivity index (χ3n) is 5.68. The molecule has 1 fully saturated rings. The molecule has 0 unspecified atom stereocenters. The second-order valence-corrected chi connectivity index (χ2v) is 7.83. The molecule has 0 bridgehead atoms. The minimum atomic E-state index is -4.57. The van der Waals surface area contributed by atoms with Crippen LogP contribution in [0.4, 0.5) is 18.9 Å². The van der Waals surface area contributed by atoms with Gasteiger partial charge in [0.2, 0.25) is 5.91 Å². The first-order valence-corrected chi connectivity index (χ1v) is 9.97. The Hall–Kier alpha value is -3.80. The van der Waals surface area contributed by atoms with E-state index in [1.165, 1.54) is 13.4 Å². The van der Waals surface area contributed by atoms with E-state index in [-0.39, 0.29) is 16.5 Å². The van der Waals surface area contributed by atoms with Crippen LogP contribution >= 0.6 is 0 Å². The van der Waals surface area contributed by atoms with E-state index < -0.39 is 35.4 Å². The number of hydrogen-bond acceptors (Lipinski definition) is 6. The Morgan fingerprint density at radius 1 is 1.21 bits per heavy atom. The van der Waals surface area contributed by atoms with E-state index in [1.54, 1.807) is 22.7 Å². The highest BCUT2D eigenvalue weighted by Gasteiger charge is 2.48. The number of benzene rings is 1. The van der Waals surface area contributed by atoms with Gasteiger partial charge in [-0.15, -0.1) is 10.2 Å². The minimum Gasteiger partial charge on any atom is -0.372 e. The number of fused-ring (bicyclic) bond motifs is 2. The van der Waals surface area contributed by atoms with Crippen molar-refractivity contribution in [2.75, 3.05) is 12.4 Å². The molecule has 12 heteroatoms. The van der Waals surface area contributed by atoms with E-state index in [1.807, 2.05) is 0 Å². The number of pyridine rings is 1. The summed E-state index contributed by atoms with van der Waals surface area (Å²) in [6.07, 6.45) is -0.397. The lowest BCUT2D eigenvalue weighted by atomic mass is 10.0. The second-order valence-electron chi connectivity index (χ2n) is 7.83. The topological polar surface area (TPSA) is 103 Å². The van der Waals surface area contributed by atoms with Gasteiger partial charge in [-0.3, -0.25) is 14.0 Å². The van der Waals surface area contributed by atoms with E-state index in [0.29, 0.717) is 24.2 Å². The molecule has 4 aromatic rings. The highest BCUT2D eigenvalue weighted by atomic mass is 19.4. The van der Waals surface area contributed by atoms with E-state index in [4.69, 9.17) is 4.74 Å². The maximum Gasteiger partial charge on any atom is 0.416 e. The zero-order chi connectivity index (χ0) is 23.4. The number of ether oxygens (including phenoxy) is 1. The number of alkyl halides is 3. The number of amides is 1. The molecule has 0 spiro atoms. The predicted molar refractivity (Wildman–Crippen MR) is 111 cm³/mol. The van der Waals surface area contributed by atoms with Crippen LogP contribution in [-0.2, 0) is 27.9 Å². The van der Waals surface area contributed by atoms with Gasteiger partial charge in [-0.25, -0.2) is 4.68 Å². The summed E-state index contributed by atoms with van der Waals surface area (Å²) >= 11 is 0. The second kappa shape index (κ2) is 7.37. The number of hydrogen-bond donors (Lipinski definition) is 1. The molecule has 170 valence electrons. The van der Waals surface area contributed by atoms with Gasteiger partial charge in [-0.1, -0.05) is 0 Å². The van der Waals surface area contributed by atoms with Crippen LogP contribution in [0.1, 0.15) is 24.1 Å². The number of methoxy groups -OCH3 is 1. The first kappa shape index (κ1) is 21.1. The molecule has 1 aromatic carbocycles. The maximum atomic E-state index is 13.3. The van der Waals surface area contributed by atoms with Gasteiger partial charge in [0.05, 0.1) is 16.6 Å².